The van der Waals surface area contributed by atoms with Gasteiger partial charge >= 0.3 is 0 Å². The topological polar surface area (TPSA) is 61.4 Å². The predicted molar refractivity (Wildman–Crippen MR) is 112 cm³/mol. The summed E-state index contributed by atoms with van der Waals surface area (Å²) in [5, 5.41) is 15.3. The molecule has 0 heterocycles. The maximum absolute atomic E-state index is 10.9. The van der Waals surface area contributed by atoms with Crippen molar-refractivity contribution >= 4 is 5.91 Å². The minimum Gasteiger partial charge on any atom is -0.395 e. The molecule has 2 unspecified atom stereocenters. The van der Waals surface area contributed by atoms with E-state index in [1.807, 2.05) is 0 Å². The lowest BCUT2D eigenvalue weighted by Gasteiger charge is -2.21. The van der Waals surface area contributed by atoms with Gasteiger partial charge in [0.2, 0.25) is 5.91 Å². The summed E-state index contributed by atoms with van der Waals surface area (Å²) >= 11 is 0. The molecule has 1 amide bonds. The van der Waals surface area contributed by atoms with Crippen LogP contribution in [0, 0.1) is 5.92 Å². The number of hydrogen-bond acceptors (Lipinski definition) is 3. The average Bonchev–Trinajstić information content (AvgIpc) is 2.62. The molecule has 0 rings (SSSR count). The zero-order valence-electron chi connectivity index (χ0n) is 17.6. The van der Waals surface area contributed by atoms with Crippen LogP contribution in [0.2, 0.25) is 0 Å². The standard InChI is InChI=1S/C22H44N2O2/c1-4-5-6-7-8-9-10-11-12-13-14-15-16-17-20(2)22(18-25)24-19-23-21(3)26/h16-17,20,22,24-25H,4-15,18-19H2,1-3H3,(H,23,26). The predicted octanol–water partition coefficient (Wildman–Crippen LogP) is 4.92. The molecule has 2 atom stereocenters. The summed E-state index contributed by atoms with van der Waals surface area (Å²) in [6, 6.07) is -0.0181. The molecule has 154 valence electrons. The molecule has 0 aromatic carbocycles. The monoisotopic (exact) mass is 368 g/mol. The van der Waals surface area contributed by atoms with Gasteiger partial charge in [-0.15, -0.1) is 0 Å². The van der Waals surface area contributed by atoms with Gasteiger partial charge in [-0.1, -0.05) is 90.2 Å². The molecule has 0 saturated heterocycles. The number of nitrogens with one attached hydrogen (secondary N) is 2. The molecule has 0 aliphatic rings. The highest BCUT2D eigenvalue weighted by Crippen LogP contribution is 2.12. The smallest absolute Gasteiger partial charge is 0.217 e. The Morgan fingerprint density at radius 2 is 1.50 bits per heavy atom. The Kier molecular flexibility index (Phi) is 18.3. The first-order valence-electron chi connectivity index (χ1n) is 10.9. The molecule has 0 saturated carbocycles. The number of rotatable bonds is 18. The SMILES string of the molecule is CCCCCCCCCCCCCC=CC(C)C(CO)NCNC(C)=O. The van der Waals surface area contributed by atoms with E-state index in [9.17, 15) is 9.90 Å². The zero-order valence-corrected chi connectivity index (χ0v) is 17.6. The lowest BCUT2D eigenvalue weighted by Crippen LogP contribution is -2.43. The van der Waals surface area contributed by atoms with E-state index in [1.165, 1.54) is 77.6 Å². The van der Waals surface area contributed by atoms with Gasteiger partial charge in [-0.25, -0.2) is 0 Å². The van der Waals surface area contributed by atoms with Crippen molar-refractivity contribution < 1.29 is 9.90 Å². The van der Waals surface area contributed by atoms with Crippen LogP contribution < -0.4 is 10.6 Å². The number of unbranched alkanes of at least 4 members (excludes halogenated alkanes) is 11. The fourth-order valence-corrected chi connectivity index (χ4v) is 3.09. The molecule has 3 N–H and O–H groups in total. The van der Waals surface area contributed by atoms with E-state index >= 15 is 0 Å². The van der Waals surface area contributed by atoms with Crippen LogP contribution in [0.15, 0.2) is 12.2 Å². The Balaban J connectivity index is 3.53. The summed E-state index contributed by atoms with van der Waals surface area (Å²) in [6.45, 7) is 6.33. The minimum absolute atomic E-state index is 0.0181. The third kappa shape index (κ3) is 16.6. The van der Waals surface area contributed by atoms with Gasteiger partial charge in [-0.05, 0) is 18.8 Å². The van der Waals surface area contributed by atoms with E-state index in [-0.39, 0.29) is 24.5 Å². The van der Waals surface area contributed by atoms with E-state index in [4.69, 9.17) is 0 Å². The number of hydrogen-bond donors (Lipinski definition) is 3. The van der Waals surface area contributed by atoms with Crippen molar-refractivity contribution in [1.29, 1.82) is 0 Å². The molecule has 0 aliphatic heterocycles. The molecular weight excluding hydrogens is 324 g/mol. The molecule has 0 aliphatic carbocycles. The lowest BCUT2D eigenvalue weighted by molar-refractivity contribution is -0.119. The number of aliphatic hydroxyl groups excluding tert-OH is 1. The zero-order chi connectivity index (χ0) is 19.5. The molecule has 0 bridgehead atoms. The highest BCUT2D eigenvalue weighted by Gasteiger charge is 2.12. The second-order valence-corrected chi connectivity index (χ2v) is 7.51. The average molecular weight is 369 g/mol. The second-order valence-electron chi connectivity index (χ2n) is 7.51. The summed E-state index contributed by atoms with van der Waals surface area (Å²) in [5.41, 5.74) is 0. The molecular formula is C22H44N2O2. The maximum atomic E-state index is 10.9. The van der Waals surface area contributed by atoms with Gasteiger partial charge in [0.15, 0.2) is 0 Å². The van der Waals surface area contributed by atoms with Crippen LogP contribution in [-0.4, -0.2) is 30.3 Å². The van der Waals surface area contributed by atoms with Crippen molar-refractivity contribution in [3.63, 3.8) is 0 Å². The van der Waals surface area contributed by atoms with Crippen LogP contribution in [0.4, 0.5) is 0 Å². The number of allylic oxidation sites excluding steroid dienone is 1. The summed E-state index contributed by atoms with van der Waals surface area (Å²) in [4.78, 5) is 10.9. The van der Waals surface area contributed by atoms with Gasteiger partial charge in [0, 0.05) is 13.0 Å². The van der Waals surface area contributed by atoms with E-state index in [0.717, 1.165) is 6.42 Å². The fourth-order valence-electron chi connectivity index (χ4n) is 3.09. The Hall–Kier alpha value is -0.870. The number of carbonyl (C=O) groups is 1. The van der Waals surface area contributed by atoms with Crippen molar-refractivity contribution in [2.75, 3.05) is 13.3 Å². The quantitative estimate of drug-likeness (QED) is 0.183. The van der Waals surface area contributed by atoms with Crippen molar-refractivity contribution in [2.24, 2.45) is 5.92 Å². The number of carbonyl (C=O) groups excluding carboxylic acids is 1. The first-order valence-corrected chi connectivity index (χ1v) is 10.9. The molecule has 0 aromatic rings. The van der Waals surface area contributed by atoms with Crippen LogP contribution in [0.3, 0.4) is 0 Å². The molecule has 4 heteroatoms. The first kappa shape index (κ1) is 25.1. The van der Waals surface area contributed by atoms with E-state index in [1.54, 1.807) is 0 Å². The largest absolute Gasteiger partial charge is 0.395 e. The van der Waals surface area contributed by atoms with Crippen LogP contribution >= 0.6 is 0 Å². The van der Waals surface area contributed by atoms with Crippen molar-refractivity contribution in [3.8, 4) is 0 Å². The van der Waals surface area contributed by atoms with Gasteiger partial charge < -0.3 is 10.4 Å². The molecule has 0 radical (unpaired) electrons. The summed E-state index contributed by atoms with van der Waals surface area (Å²) in [5.74, 6) is 0.190. The molecule has 0 fully saturated rings. The lowest BCUT2D eigenvalue weighted by atomic mass is 10.0. The number of amides is 1. The van der Waals surface area contributed by atoms with Gasteiger partial charge in [0.05, 0.1) is 13.3 Å². The maximum Gasteiger partial charge on any atom is 0.217 e. The van der Waals surface area contributed by atoms with Gasteiger partial charge in [0.25, 0.3) is 0 Å². The van der Waals surface area contributed by atoms with Crippen molar-refractivity contribution in [3.05, 3.63) is 12.2 Å². The highest BCUT2D eigenvalue weighted by atomic mass is 16.3. The summed E-state index contributed by atoms with van der Waals surface area (Å²) in [6.07, 6.45) is 20.6. The normalized spacial score (nSPS) is 13.8. The molecule has 4 nitrogen and oxygen atoms in total. The highest BCUT2D eigenvalue weighted by molar-refractivity contribution is 5.72. The molecule has 26 heavy (non-hydrogen) atoms. The Morgan fingerprint density at radius 3 is 2.00 bits per heavy atom. The van der Waals surface area contributed by atoms with E-state index < -0.39 is 0 Å². The van der Waals surface area contributed by atoms with Gasteiger partial charge in [-0.2, -0.15) is 0 Å². The van der Waals surface area contributed by atoms with Crippen molar-refractivity contribution in [1.82, 2.24) is 10.6 Å². The fraction of sp³-hybridized carbons (Fsp3) is 0.864. The van der Waals surface area contributed by atoms with Crippen LogP contribution in [0.5, 0.6) is 0 Å². The van der Waals surface area contributed by atoms with E-state index in [2.05, 4.69) is 36.6 Å². The van der Waals surface area contributed by atoms with Crippen LogP contribution in [0.25, 0.3) is 0 Å². The third-order valence-corrected chi connectivity index (χ3v) is 4.95. The van der Waals surface area contributed by atoms with Gasteiger partial charge in [-0.3, -0.25) is 10.1 Å². The van der Waals surface area contributed by atoms with Crippen LogP contribution in [0.1, 0.15) is 97.8 Å². The third-order valence-electron chi connectivity index (χ3n) is 4.95. The first-order chi connectivity index (χ1) is 12.6. The van der Waals surface area contributed by atoms with Gasteiger partial charge in [0.1, 0.15) is 0 Å². The molecule has 0 aromatic heterocycles. The Bertz CT molecular complexity index is 345. The molecule has 0 spiro atoms. The minimum atomic E-state index is -0.0612. The summed E-state index contributed by atoms with van der Waals surface area (Å²) < 4.78 is 0. The second kappa shape index (κ2) is 18.9. The summed E-state index contributed by atoms with van der Waals surface area (Å²) in [7, 11) is 0. The van der Waals surface area contributed by atoms with Crippen LogP contribution in [-0.2, 0) is 4.79 Å². The Labute approximate surface area is 162 Å². The van der Waals surface area contributed by atoms with Crippen molar-refractivity contribution in [2.45, 2.75) is 104 Å². The van der Waals surface area contributed by atoms with E-state index in [0.29, 0.717) is 6.67 Å². The number of aliphatic hydroxyl groups is 1. The Morgan fingerprint density at radius 1 is 0.962 bits per heavy atom.